The predicted molar refractivity (Wildman–Crippen MR) is 91.0 cm³/mol. The average molecular weight is 324 g/mol. The van der Waals surface area contributed by atoms with Gasteiger partial charge < -0.3 is 5.32 Å². The minimum atomic E-state index is 0.373. The fraction of sp³-hybridized carbons (Fsp3) is 0.438. The first-order chi connectivity index (χ1) is 10.0. The fourth-order valence-corrected chi connectivity index (χ4v) is 3.62. The Kier molecular flexibility index (Phi) is 5.73. The van der Waals surface area contributed by atoms with Crippen LogP contribution in [0.5, 0.6) is 0 Å². The van der Waals surface area contributed by atoms with Crippen LogP contribution in [-0.2, 0) is 12.8 Å². The van der Waals surface area contributed by atoms with Crippen molar-refractivity contribution in [1.29, 1.82) is 0 Å². The molecular weight excluding hydrogens is 302 g/mol. The summed E-state index contributed by atoms with van der Waals surface area (Å²) in [7, 11) is 1.94. The largest absolute Gasteiger partial charge is 0.310 e. The van der Waals surface area contributed by atoms with Gasteiger partial charge in [0, 0.05) is 23.7 Å². The Morgan fingerprint density at radius 3 is 2.81 bits per heavy atom. The summed E-state index contributed by atoms with van der Waals surface area (Å²) in [4.78, 5) is 1.26. The molecular formula is C16H22ClN3S. The monoisotopic (exact) mass is 323 g/mol. The molecule has 21 heavy (non-hydrogen) atoms. The van der Waals surface area contributed by atoms with Gasteiger partial charge >= 0.3 is 0 Å². The maximum atomic E-state index is 6.30. The number of aromatic nitrogens is 2. The van der Waals surface area contributed by atoms with Crippen molar-refractivity contribution in [2.24, 2.45) is 7.05 Å². The molecule has 2 aromatic rings. The summed E-state index contributed by atoms with van der Waals surface area (Å²) in [6.45, 7) is 7.23. The molecule has 1 aromatic carbocycles. The average Bonchev–Trinajstić information content (AvgIpc) is 2.71. The Morgan fingerprint density at radius 2 is 2.19 bits per heavy atom. The molecule has 0 saturated carbocycles. The minimum Gasteiger partial charge on any atom is -0.310 e. The molecule has 0 aliphatic heterocycles. The molecule has 0 radical (unpaired) electrons. The van der Waals surface area contributed by atoms with Crippen LogP contribution in [0.25, 0.3) is 0 Å². The van der Waals surface area contributed by atoms with E-state index in [4.69, 9.17) is 11.6 Å². The zero-order valence-electron chi connectivity index (χ0n) is 13.0. The first-order valence-corrected chi connectivity index (χ1v) is 8.53. The molecule has 1 N–H and O–H groups in total. The Balaban J connectivity index is 2.08. The molecule has 0 fully saturated rings. The third-order valence-electron chi connectivity index (χ3n) is 3.51. The van der Waals surface area contributed by atoms with Crippen LogP contribution >= 0.6 is 23.4 Å². The van der Waals surface area contributed by atoms with E-state index in [1.807, 2.05) is 18.7 Å². The van der Waals surface area contributed by atoms with Gasteiger partial charge in [0.2, 0.25) is 0 Å². The van der Waals surface area contributed by atoms with E-state index in [9.17, 15) is 0 Å². The van der Waals surface area contributed by atoms with Gasteiger partial charge in [0.25, 0.3) is 0 Å². The number of nitrogens with zero attached hydrogens (tertiary/aromatic N) is 2. The fourth-order valence-electron chi connectivity index (χ4n) is 2.29. The number of rotatable bonds is 6. The third-order valence-corrected chi connectivity index (χ3v) is 5.00. The van der Waals surface area contributed by atoms with Crippen molar-refractivity contribution in [3.05, 3.63) is 46.2 Å². The molecule has 1 heterocycles. The molecule has 3 nitrogen and oxygen atoms in total. The number of hydrogen-bond donors (Lipinski definition) is 1. The summed E-state index contributed by atoms with van der Waals surface area (Å²) in [6, 6.07) is 9.04. The minimum absolute atomic E-state index is 0.373. The Bertz CT molecular complexity index is 610. The number of nitrogens with one attached hydrogen (secondary N) is 1. The van der Waals surface area contributed by atoms with E-state index in [1.165, 1.54) is 10.5 Å². The zero-order chi connectivity index (χ0) is 15.4. The highest BCUT2D eigenvalue weighted by atomic mass is 35.5. The second-order valence-electron chi connectivity index (χ2n) is 5.11. The summed E-state index contributed by atoms with van der Waals surface area (Å²) in [6.07, 6.45) is 0. The molecule has 5 heteroatoms. The van der Waals surface area contributed by atoms with Crippen molar-refractivity contribution in [2.75, 3.05) is 6.54 Å². The van der Waals surface area contributed by atoms with Crippen LogP contribution in [0.1, 0.15) is 36.8 Å². The molecule has 0 amide bonds. The number of thioether (sulfide) groups is 1. The van der Waals surface area contributed by atoms with Crippen LogP contribution in [-0.4, -0.2) is 16.3 Å². The molecule has 114 valence electrons. The van der Waals surface area contributed by atoms with Crippen molar-refractivity contribution in [3.63, 3.8) is 0 Å². The lowest BCUT2D eigenvalue weighted by Crippen LogP contribution is -2.17. The first kappa shape index (κ1) is 16.4. The zero-order valence-corrected chi connectivity index (χ0v) is 14.6. The topological polar surface area (TPSA) is 29.9 Å². The van der Waals surface area contributed by atoms with Crippen molar-refractivity contribution >= 4 is 23.4 Å². The van der Waals surface area contributed by atoms with Crippen LogP contribution < -0.4 is 5.32 Å². The molecule has 0 spiro atoms. The standard InChI is InChI=1S/C16H22ClN3S/c1-5-18-11(2)13-7-6-8-14(9-13)21-10-15-16(17)12(3)19-20(15)4/h6-9,11,18H,5,10H2,1-4H3. The SMILES string of the molecule is CCNC(C)c1cccc(SCc2c(Cl)c(C)nn2C)c1. The molecule has 1 unspecified atom stereocenters. The van der Waals surface area contributed by atoms with E-state index in [0.717, 1.165) is 28.7 Å². The van der Waals surface area contributed by atoms with Crippen LogP contribution in [0.4, 0.5) is 0 Å². The van der Waals surface area contributed by atoms with Gasteiger partial charge in [0.05, 0.1) is 16.4 Å². The van der Waals surface area contributed by atoms with Crippen molar-refractivity contribution in [2.45, 2.75) is 37.5 Å². The highest BCUT2D eigenvalue weighted by Gasteiger charge is 2.11. The molecule has 0 aliphatic rings. The van der Waals surface area contributed by atoms with Gasteiger partial charge in [-0.05, 0) is 38.1 Å². The van der Waals surface area contributed by atoms with Gasteiger partial charge in [-0.15, -0.1) is 11.8 Å². The van der Waals surface area contributed by atoms with Crippen LogP contribution in [0, 0.1) is 6.92 Å². The summed E-state index contributed by atoms with van der Waals surface area (Å²) < 4.78 is 1.87. The summed E-state index contributed by atoms with van der Waals surface area (Å²) in [5.41, 5.74) is 3.28. The third kappa shape index (κ3) is 4.02. The lowest BCUT2D eigenvalue weighted by Gasteiger charge is -2.13. The number of hydrogen-bond acceptors (Lipinski definition) is 3. The summed E-state index contributed by atoms with van der Waals surface area (Å²) in [5.74, 6) is 0.829. The van der Waals surface area contributed by atoms with Crippen LogP contribution in [0.3, 0.4) is 0 Å². The lowest BCUT2D eigenvalue weighted by molar-refractivity contribution is 0.597. The quantitative estimate of drug-likeness (QED) is 0.802. The molecule has 1 aromatic heterocycles. The Morgan fingerprint density at radius 1 is 1.43 bits per heavy atom. The van der Waals surface area contributed by atoms with E-state index in [-0.39, 0.29) is 0 Å². The summed E-state index contributed by atoms with van der Waals surface area (Å²) >= 11 is 8.09. The smallest absolute Gasteiger partial charge is 0.0855 e. The van der Waals surface area contributed by atoms with E-state index in [0.29, 0.717) is 6.04 Å². The van der Waals surface area contributed by atoms with Crippen LogP contribution in [0.15, 0.2) is 29.2 Å². The lowest BCUT2D eigenvalue weighted by atomic mass is 10.1. The van der Waals surface area contributed by atoms with Gasteiger partial charge in [0.1, 0.15) is 0 Å². The van der Waals surface area contributed by atoms with Gasteiger partial charge in [-0.2, -0.15) is 5.10 Å². The van der Waals surface area contributed by atoms with E-state index in [2.05, 4.69) is 48.5 Å². The van der Waals surface area contributed by atoms with Gasteiger partial charge in [0.15, 0.2) is 0 Å². The van der Waals surface area contributed by atoms with Gasteiger partial charge in [-0.3, -0.25) is 4.68 Å². The van der Waals surface area contributed by atoms with Crippen molar-refractivity contribution in [1.82, 2.24) is 15.1 Å². The highest BCUT2D eigenvalue weighted by Crippen LogP contribution is 2.29. The van der Waals surface area contributed by atoms with E-state index in [1.54, 1.807) is 11.8 Å². The second-order valence-corrected chi connectivity index (χ2v) is 6.54. The predicted octanol–water partition coefficient (Wildman–Crippen LogP) is 4.34. The van der Waals surface area contributed by atoms with Crippen molar-refractivity contribution < 1.29 is 0 Å². The van der Waals surface area contributed by atoms with Crippen molar-refractivity contribution in [3.8, 4) is 0 Å². The molecule has 0 bridgehead atoms. The molecule has 2 rings (SSSR count). The molecule has 1 atom stereocenters. The van der Waals surface area contributed by atoms with Crippen LogP contribution in [0.2, 0.25) is 5.02 Å². The van der Waals surface area contributed by atoms with E-state index >= 15 is 0 Å². The Hall–Kier alpha value is -0.970. The molecule has 0 saturated heterocycles. The number of benzene rings is 1. The second kappa shape index (κ2) is 7.34. The maximum Gasteiger partial charge on any atom is 0.0855 e. The maximum absolute atomic E-state index is 6.30. The van der Waals surface area contributed by atoms with Gasteiger partial charge in [-0.1, -0.05) is 30.7 Å². The number of halogens is 1. The normalized spacial score (nSPS) is 12.6. The number of aryl methyl sites for hydroxylation is 2. The highest BCUT2D eigenvalue weighted by molar-refractivity contribution is 7.98. The Labute approximate surface area is 136 Å². The summed E-state index contributed by atoms with van der Waals surface area (Å²) in [5, 5.41) is 8.57. The molecule has 0 aliphatic carbocycles. The first-order valence-electron chi connectivity index (χ1n) is 7.17. The van der Waals surface area contributed by atoms with E-state index < -0.39 is 0 Å². The van der Waals surface area contributed by atoms with Gasteiger partial charge in [-0.25, -0.2) is 0 Å².